The molecule has 0 aliphatic rings. The Morgan fingerprint density at radius 2 is 1.62 bits per heavy atom. The maximum atomic E-state index is 10.8. The van der Waals surface area contributed by atoms with Crippen LogP contribution >= 0.6 is 0 Å². The molecule has 1 rings (SSSR count). The van der Waals surface area contributed by atoms with E-state index in [1.165, 1.54) is 6.20 Å². The molecule has 1 heterocycles. The van der Waals surface area contributed by atoms with Crippen LogP contribution in [0.1, 0.15) is 47.4 Å². The Morgan fingerprint density at radius 1 is 1.12 bits per heavy atom. The zero-order valence-electron chi connectivity index (χ0n) is 9.18. The Bertz CT molecular complexity index is 449. The third-order valence-corrected chi connectivity index (χ3v) is 1.95. The molecule has 0 amide bonds. The first-order chi connectivity index (χ1) is 7.23. The molecule has 0 unspecified atom stereocenters. The number of hydrogen-bond acceptors (Lipinski definition) is 4. The molecule has 0 saturated carbocycles. The predicted octanol–water partition coefficient (Wildman–Crippen LogP) is 1.17. The highest BCUT2D eigenvalue weighted by molar-refractivity contribution is 5.98. The Balaban J connectivity index is 3.40. The van der Waals surface area contributed by atoms with E-state index in [4.69, 9.17) is 10.2 Å². The first-order valence-corrected chi connectivity index (χ1v) is 4.57. The van der Waals surface area contributed by atoms with Gasteiger partial charge in [-0.1, -0.05) is 20.8 Å². The number of aromatic nitrogens is 2. The number of carbonyl (C=O) groups is 2. The largest absolute Gasteiger partial charge is 0.476 e. The van der Waals surface area contributed by atoms with Crippen molar-refractivity contribution >= 4 is 11.9 Å². The van der Waals surface area contributed by atoms with Gasteiger partial charge in [0.1, 0.15) is 0 Å². The average Bonchev–Trinajstić information content (AvgIpc) is 2.15. The van der Waals surface area contributed by atoms with Crippen LogP contribution in [0.15, 0.2) is 6.20 Å². The molecule has 0 aliphatic carbocycles. The average molecular weight is 224 g/mol. The van der Waals surface area contributed by atoms with Crippen molar-refractivity contribution in [3.8, 4) is 0 Å². The number of carboxylic acids is 2. The van der Waals surface area contributed by atoms with E-state index in [0.29, 0.717) is 5.69 Å². The molecule has 6 nitrogen and oxygen atoms in total. The van der Waals surface area contributed by atoms with E-state index < -0.39 is 23.3 Å². The SMILES string of the molecule is CC(C)(C)c1cnc(C(=O)O)c(C(=O)O)n1. The Hall–Kier alpha value is -1.98. The molecule has 0 atom stereocenters. The molecule has 2 N–H and O–H groups in total. The summed E-state index contributed by atoms with van der Waals surface area (Å²) in [5, 5.41) is 17.6. The minimum atomic E-state index is -1.40. The second kappa shape index (κ2) is 3.88. The monoisotopic (exact) mass is 224 g/mol. The second-order valence-corrected chi connectivity index (χ2v) is 4.31. The minimum absolute atomic E-state index is 0.381. The van der Waals surface area contributed by atoms with Crippen molar-refractivity contribution in [3.05, 3.63) is 23.3 Å². The molecule has 0 aliphatic heterocycles. The maximum absolute atomic E-state index is 10.8. The van der Waals surface area contributed by atoms with Crippen LogP contribution in [-0.2, 0) is 5.41 Å². The van der Waals surface area contributed by atoms with E-state index >= 15 is 0 Å². The second-order valence-electron chi connectivity index (χ2n) is 4.31. The smallest absolute Gasteiger partial charge is 0.357 e. The number of carboxylic acid groups (broad SMARTS) is 2. The van der Waals surface area contributed by atoms with Gasteiger partial charge in [-0.15, -0.1) is 0 Å². The minimum Gasteiger partial charge on any atom is -0.476 e. The van der Waals surface area contributed by atoms with Gasteiger partial charge >= 0.3 is 11.9 Å². The fourth-order valence-electron chi connectivity index (χ4n) is 1.06. The van der Waals surface area contributed by atoms with Crippen LogP contribution in [0.3, 0.4) is 0 Å². The van der Waals surface area contributed by atoms with Crippen LogP contribution in [0.4, 0.5) is 0 Å². The summed E-state index contributed by atoms with van der Waals surface area (Å²) in [7, 11) is 0. The van der Waals surface area contributed by atoms with Crippen LogP contribution in [0.25, 0.3) is 0 Å². The Labute approximate surface area is 92.0 Å². The fourth-order valence-corrected chi connectivity index (χ4v) is 1.06. The van der Waals surface area contributed by atoms with Crippen molar-refractivity contribution in [2.45, 2.75) is 26.2 Å². The van der Waals surface area contributed by atoms with Gasteiger partial charge in [0.2, 0.25) is 0 Å². The summed E-state index contributed by atoms with van der Waals surface area (Å²) in [6, 6.07) is 0. The predicted molar refractivity (Wildman–Crippen MR) is 54.7 cm³/mol. The van der Waals surface area contributed by atoms with E-state index in [0.717, 1.165) is 0 Å². The van der Waals surface area contributed by atoms with Gasteiger partial charge < -0.3 is 10.2 Å². The van der Waals surface area contributed by atoms with Crippen LogP contribution in [-0.4, -0.2) is 32.1 Å². The molecule has 1 aromatic rings. The van der Waals surface area contributed by atoms with E-state index in [9.17, 15) is 9.59 Å². The van der Waals surface area contributed by atoms with E-state index in [-0.39, 0.29) is 5.41 Å². The lowest BCUT2D eigenvalue weighted by atomic mass is 9.92. The molecule has 16 heavy (non-hydrogen) atoms. The topological polar surface area (TPSA) is 100 Å². The first-order valence-electron chi connectivity index (χ1n) is 4.57. The molecule has 0 radical (unpaired) electrons. The van der Waals surface area contributed by atoms with E-state index in [1.807, 2.05) is 20.8 Å². The van der Waals surface area contributed by atoms with Crippen molar-refractivity contribution in [2.75, 3.05) is 0 Å². The third kappa shape index (κ3) is 2.33. The highest BCUT2D eigenvalue weighted by Gasteiger charge is 2.24. The van der Waals surface area contributed by atoms with Crippen LogP contribution in [0.2, 0.25) is 0 Å². The Kier molecular flexibility index (Phi) is 2.93. The summed E-state index contributed by atoms with van der Waals surface area (Å²) < 4.78 is 0. The summed E-state index contributed by atoms with van der Waals surface area (Å²) in [5.74, 6) is -2.79. The number of aromatic carboxylic acids is 2. The van der Waals surface area contributed by atoms with Crippen molar-refractivity contribution in [3.63, 3.8) is 0 Å². The molecular weight excluding hydrogens is 212 g/mol. The molecule has 0 fully saturated rings. The first kappa shape index (κ1) is 12.1. The number of hydrogen-bond donors (Lipinski definition) is 2. The van der Waals surface area contributed by atoms with Crippen molar-refractivity contribution in [1.29, 1.82) is 0 Å². The molecule has 86 valence electrons. The summed E-state index contributed by atoms with van der Waals surface area (Å²) in [6.45, 7) is 5.51. The van der Waals surface area contributed by atoms with E-state index in [2.05, 4.69) is 9.97 Å². The summed E-state index contributed by atoms with van der Waals surface area (Å²) in [6.07, 6.45) is 1.29. The van der Waals surface area contributed by atoms with Gasteiger partial charge in [-0.25, -0.2) is 19.6 Å². The molecule has 0 spiro atoms. The van der Waals surface area contributed by atoms with Gasteiger partial charge in [0.15, 0.2) is 11.4 Å². The lowest BCUT2D eigenvalue weighted by Gasteiger charge is -2.17. The lowest BCUT2D eigenvalue weighted by molar-refractivity contribution is 0.0640. The molecule has 0 saturated heterocycles. The van der Waals surface area contributed by atoms with Crippen molar-refractivity contribution < 1.29 is 19.8 Å². The molecule has 1 aromatic heterocycles. The maximum Gasteiger partial charge on any atom is 0.357 e. The quantitative estimate of drug-likeness (QED) is 0.782. The van der Waals surface area contributed by atoms with Gasteiger partial charge in [-0.05, 0) is 0 Å². The lowest BCUT2D eigenvalue weighted by Crippen LogP contribution is -2.20. The fraction of sp³-hybridized carbons (Fsp3) is 0.400. The van der Waals surface area contributed by atoms with Crippen LogP contribution in [0, 0.1) is 0 Å². The van der Waals surface area contributed by atoms with Crippen molar-refractivity contribution in [2.24, 2.45) is 0 Å². The van der Waals surface area contributed by atoms with Gasteiger partial charge in [0.05, 0.1) is 5.69 Å². The molecular formula is C10H12N2O4. The zero-order valence-corrected chi connectivity index (χ0v) is 9.18. The van der Waals surface area contributed by atoms with Crippen LogP contribution in [0.5, 0.6) is 0 Å². The number of rotatable bonds is 2. The molecule has 6 heteroatoms. The van der Waals surface area contributed by atoms with Gasteiger partial charge in [-0.3, -0.25) is 0 Å². The Morgan fingerprint density at radius 3 is 2.00 bits per heavy atom. The summed E-state index contributed by atoms with van der Waals surface area (Å²) >= 11 is 0. The van der Waals surface area contributed by atoms with E-state index in [1.54, 1.807) is 0 Å². The highest BCUT2D eigenvalue weighted by atomic mass is 16.4. The third-order valence-electron chi connectivity index (χ3n) is 1.95. The zero-order chi connectivity index (χ0) is 12.5. The molecule has 0 bridgehead atoms. The summed E-state index contributed by atoms with van der Waals surface area (Å²) in [4.78, 5) is 29.0. The summed E-state index contributed by atoms with van der Waals surface area (Å²) in [5.41, 5.74) is -1.01. The highest BCUT2D eigenvalue weighted by Crippen LogP contribution is 2.20. The van der Waals surface area contributed by atoms with Gasteiger partial charge in [0, 0.05) is 11.6 Å². The van der Waals surface area contributed by atoms with Gasteiger partial charge in [-0.2, -0.15) is 0 Å². The standard InChI is InChI=1S/C10H12N2O4/c1-10(2,3)5-4-11-6(8(13)14)7(12-5)9(15)16/h4H,1-3H3,(H,13,14)(H,15,16). The van der Waals surface area contributed by atoms with Gasteiger partial charge in [0.25, 0.3) is 0 Å². The number of nitrogens with zero attached hydrogens (tertiary/aromatic N) is 2. The van der Waals surface area contributed by atoms with Crippen LogP contribution < -0.4 is 0 Å². The normalized spacial score (nSPS) is 11.2. The van der Waals surface area contributed by atoms with Crippen molar-refractivity contribution in [1.82, 2.24) is 9.97 Å². The molecule has 0 aromatic carbocycles.